The molecular formula is C24H34N2O3S3. The average molecular weight is 495 g/mol. The Kier molecular flexibility index (Phi) is 8.37. The van der Waals surface area contributed by atoms with Gasteiger partial charge in [-0.25, -0.2) is 0 Å². The predicted molar refractivity (Wildman–Crippen MR) is 135 cm³/mol. The smallest absolute Gasteiger partial charge is 0.124 e. The molecule has 0 unspecified atom stereocenters. The van der Waals surface area contributed by atoms with Gasteiger partial charge in [-0.2, -0.15) is 0 Å². The minimum Gasteiger partial charge on any atom is -0.507 e. The lowest BCUT2D eigenvalue weighted by molar-refractivity contribution is 0.0779. The van der Waals surface area contributed by atoms with Gasteiger partial charge in [0.2, 0.25) is 0 Å². The van der Waals surface area contributed by atoms with Crippen molar-refractivity contribution in [2.24, 2.45) is 0 Å². The molecule has 0 amide bonds. The van der Waals surface area contributed by atoms with E-state index < -0.39 is 0 Å². The second kappa shape index (κ2) is 11.0. The predicted octanol–water partition coefficient (Wildman–Crippen LogP) is 4.78. The van der Waals surface area contributed by atoms with Crippen molar-refractivity contribution in [1.29, 1.82) is 0 Å². The summed E-state index contributed by atoms with van der Waals surface area (Å²) >= 11 is 5.63. The number of aliphatic hydroxyl groups is 2. The first-order valence-electron chi connectivity index (χ1n) is 11.7. The number of phenolic OH excluding ortho intramolecular Hbond substituents is 1. The van der Waals surface area contributed by atoms with Crippen LogP contribution in [0, 0.1) is 3.82 Å². The number of hydrogen-bond donors (Lipinski definition) is 3. The third-order valence-corrected chi connectivity index (χ3v) is 9.85. The lowest BCUT2D eigenvalue weighted by Gasteiger charge is -2.31. The van der Waals surface area contributed by atoms with E-state index in [1.807, 2.05) is 0 Å². The highest BCUT2D eigenvalue weighted by atomic mass is 32.9. The number of phenols is 1. The molecule has 4 rings (SSSR count). The fourth-order valence-electron chi connectivity index (χ4n) is 4.73. The molecule has 3 N–H and O–H groups in total. The van der Waals surface area contributed by atoms with Crippen molar-refractivity contribution < 1.29 is 15.3 Å². The number of piperidine rings is 2. The third kappa shape index (κ3) is 5.78. The highest BCUT2D eigenvalue weighted by molar-refractivity contribution is 7.80. The highest BCUT2D eigenvalue weighted by Crippen LogP contribution is 2.39. The Bertz CT molecular complexity index is 913. The van der Waals surface area contributed by atoms with E-state index in [0.29, 0.717) is 18.8 Å². The molecule has 2 saturated heterocycles. The molecule has 3 heterocycles. The fraction of sp³-hybridized carbons (Fsp3) is 0.625. The molecule has 0 bridgehead atoms. The molecule has 0 atom stereocenters. The maximum absolute atomic E-state index is 11.2. The van der Waals surface area contributed by atoms with Crippen LogP contribution in [-0.4, -0.2) is 63.5 Å². The lowest BCUT2D eigenvalue weighted by atomic mass is 9.98. The molecule has 0 aliphatic carbocycles. The summed E-state index contributed by atoms with van der Waals surface area (Å²) in [5.74, 6) is 0.391. The monoisotopic (exact) mass is 494 g/mol. The summed E-state index contributed by atoms with van der Waals surface area (Å²) in [6.45, 7) is 6.97. The van der Waals surface area contributed by atoms with E-state index in [4.69, 9.17) is 12.2 Å². The second-order valence-corrected chi connectivity index (χ2v) is 12.0. The van der Waals surface area contributed by atoms with Crippen molar-refractivity contribution in [1.82, 2.24) is 9.80 Å². The summed E-state index contributed by atoms with van der Waals surface area (Å²) in [6, 6.07) is 4.30. The van der Waals surface area contributed by atoms with Crippen molar-refractivity contribution in [3.63, 3.8) is 0 Å². The minimum absolute atomic E-state index is 0.203. The second-order valence-electron chi connectivity index (χ2n) is 9.17. The first kappa shape index (κ1) is 24.3. The normalized spacial score (nSPS) is 19.6. The molecule has 1 aromatic heterocycles. The molecule has 2 aromatic rings. The molecule has 0 spiro atoms. The molecule has 8 heteroatoms. The van der Waals surface area contributed by atoms with Crippen LogP contribution in [0.4, 0.5) is 0 Å². The Morgan fingerprint density at radius 2 is 1.41 bits per heavy atom. The Hall–Kier alpha value is -0.870. The van der Waals surface area contributed by atoms with E-state index in [1.165, 1.54) is 10.4 Å². The number of nitrogens with zero attached hydrogens (tertiary/aromatic N) is 2. The summed E-state index contributed by atoms with van der Waals surface area (Å²) in [5, 5.41) is 31.0. The molecule has 0 saturated carbocycles. The van der Waals surface area contributed by atoms with Crippen LogP contribution in [-0.2, 0) is 19.5 Å². The fourth-order valence-corrected chi connectivity index (χ4v) is 7.72. The molecule has 2 aliphatic rings. The maximum Gasteiger partial charge on any atom is 0.124 e. The summed E-state index contributed by atoms with van der Waals surface area (Å²) < 4.78 is 0.984. The van der Waals surface area contributed by atoms with Gasteiger partial charge in [-0.05, 0) is 55.4 Å². The van der Waals surface area contributed by atoms with E-state index in [-0.39, 0.29) is 12.2 Å². The lowest BCUT2D eigenvalue weighted by Crippen LogP contribution is -2.36. The number of aliphatic hydroxyl groups excluding tert-OH is 2. The maximum atomic E-state index is 11.2. The van der Waals surface area contributed by atoms with Gasteiger partial charge in [-0.1, -0.05) is 46.2 Å². The molecular weight excluding hydrogens is 460 g/mol. The topological polar surface area (TPSA) is 67.2 Å². The van der Waals surface area contributed by atoms with E-state index in [1.54, 1.807) is 20.7 Å². The molecule has 5 nitrogen and oxygen atoms in total. The number of aromatic hydroxyl groups is 1. The molecule has 1 aromatic carbocycles. The van der Waals surface area contributed by atoms with Crippen LogP contribution >= 0.6 is 32.9 Å². The molecule has 176 valence electrons. The van der Waals surface area contributed by atoms with Gasteiger partial charge in [0, 0.05) is 50.4 Å². The average Bonchev–Trinajstić information content (AvgIpc) is 3.14. The van der Waals surface area contributed by atoms with E-state index in [9.17, 15) is 15.3 Å². The van der Waals surface area contributed by atoms with Crippen LogP contribution < -0.4 is 0 Å². The molecule has 0 radical (unpaired) electrons. The zero-order valence-electron chi connectivity index (χ0n) is 18.8. The van der Waals surface area contributed by atoms with Crippen LogP contribution in [0.3, 0.4) is 0 Å². The first-order valence-corrected chi connectivity index (χ1v) is 14.3. The van der Waals surface area contributed by atoms with E-state index in [0.717, 1.165) is 85.2 Å². The summed E-state index contributed by atoms with van der Waals surface area (Å²) in [5.41, 5.74) is 4.33. The minimum atomic E-state index is -0.203. The molecule has 2 fully saturated rings. The van der Waals surface area contributed by atoms with Gasteiger partial charge in [0.25, 0.3) is 0 Å². The molecule has 2 aliphatic heterocycles. The van der Waals surface area contributed by atoms with Crippen LogP contribution in [0.2, 0.25) is 0 Å². The van der Waals surface area contributed by atoms with E-state index >= 15 is 0 Å². The van der Waals surface area contributed by atoms with Gasteiger partial charge in [0.1, 0.15) is 9.57 Å². The van der Waals surface area contributed by atoms with Crippen LogP contribution in [0.1, 0.15) is 55.7 Å². The van der Waals surface area contributed by atoms with Crippen LogP contribution in [0.25, 0.3) is 10.4 Å². The van der Waals surface area contributed by atoms with Gasteiger partial charge < -0.3 is 15.3 Å². The Morgan fingerprint density at radius 3 is 1.88 bits per heavy atom. The van der Waals surface area contributed by atoms with Crippen molar-refractivity contribution in [2.45, 2.75) is 70.7 Å². The number of rotatable bonds is 7. The van der Waals surface area contributed by atoms with Gasteiger partial charge in [0.05, 0.1) is 17.1 Å². The Morgan fingerprint density at radius 1 is 0.906 bits per heavy atom. The third-order valence-electron chi connectivity index (χ3n) is 6.65. The Labute approximate surface area is 203 Å². The SMILES string of the molecule is CCCc1c(-c2cc(CN3CCC(O)CC3)c(O)c(CN3CCC(O)CC3)c2)ssc1=S. The van der Waals surface area contributed by atoms with Crippen molar-refractivity contribution in [3.8, 4) is 16.2 Å². The summed E-state index contributed by atoms with van der Waals surface area (Å²) in [6.07, 6.45) is 4.78. The van der Waals surface area contributed by atoms with Crippen molar-refractivity contribution in [2.75, 3.05) is 26.2 Å². The number of likely N-dealkylation sites (tertiary alicyclic amines) is 2. The number of benzene rings is 1. The standard InChI is InChI=1S/C24H34N2O3S3/c1-2-3-21-23(31-32-24(21)30)16-12-17(14-25-8-4-19(27)5-9-25)22(29)18(13-16)15-26-10-6-20(28)7-11-26/h12-13,19-20,27-29H,2-11,14-15H2,1H3. The van der Waals surface area contributed by atoms with Gasteiger partial charge in [-0.3, -0.25) is 9.80 Å². The van der Waals surface area contributed by atoms with Crippen molar-refractivity contribution in [3.05, 3.63) is 32.6 Å². The quantitative estimate of drug-likeness (QED) is 0.380. The van der Waals surface area contributed by atoms with Crippen LogP contribution in [0.5, 0.6) is 5.75 Å². The van der Waals surface area contributed by atoms with Gasteiger partial charge in [-0.15, -0.1) is 0 Å². The largest absolute Gasteiger partial charge is 0.507 e. The summed E-state index contributed by atoms with van der Waals surface area (Å²) in [7, 11) is 3.42. The Balaban J connectivity index is 1.67. The first-order chi connectivity index (χ1) is 15.4. The zero-order chi connectivity index (χ0) is 22.7. The van der Waals surface area contributed by atoms with Gasteiger partial charge >= 0.3 is 0 Å². The summed E-state index contributed by atoms with van der Waals surface area (Å²) in [4.78, 5) is 5.90. The number of hydrogen-bond acceptors (Lipinski definition) is 8. The zero-order valence-corrected chi connectivity index (χ0v) is 21.2. The van der Waals surface area contributed by atoms with Gasteiger partial charge in [0.15, 0.2) is 0 Å². The molecule has 32 heavy (non-hydrogen) atoms. The van der Waals surface area contributed by atoms with Crippen LogP contribution in [0.15, 0.2) is 12.1 Å². The highest BCUT2D eigenvalue weighted by Gasteiger charge is 2.23. The van der Waals surface area contributed by atoms with E-state index in [2.05, 4.69) is 28.9 Å². The van der Waals surface area contributed by atoms with Crippen molar-refractivity contribution >= 4 is 32.9 Å².